The maximum Gasteiger partial charge on any atom is 0.416 e. The minimum atomic E-state index is -4.37. The Morgan fingerprint density at radius 1 is 1.18 bits per heavy atom. The Morgan fingerprint density at radius 3 is 2.68 bits per heavy atom. The van der Waals surface area contributed by atoms with Crippen molar-refractivity contribution in [2.24, 2.45) is 5.92 Å². The molecule has 2 fully saturated rings. The second-order valence-electron chi connectivity index (χ2n) is 7.38. The van der Waals surface area contributed by atoms with E-state index >= 15 is 0 Å². The van der Waals surface area contributed by atoms with Gasteiger partial charge in [-0.15, -0.1) is 0 Å². The Labute approximate surface area is 161 Å². The number of benzene rings is 1. The van der Waals surface area contributed by atoms with Gasteiger partial charge in [0.25, 0.3) is 0 Å². The number of methoxy groups -OCH3 is 1. The minimum Gasteiger partial charge on any atom is -0.492 e. The van der Waals surface area contributed by atoms with Crippen molar-refractivity contribution in [1.29, 1.82) is 0 Å². The standard InChI is InChI=1S/C20H22F3N3O2/c1-27-19-24-9-13(10-25-19)11-26-16-6-5-14(7-16)18(26)12-28-17-4-2-3-15(8-17)20(21,22)23/h2-4,8-10,14,16,18H,5-7,11-12H2,1H3/t14-,16-,18+/m1/s1. The molecule has 150 valence electrons. The maximum absolute atomic E-state index is 12.9. The van der Waals surface area contributed by atoms with Crippen LogP contribution in [0.5, 0.6) is 11.8 Å². The molecule has 4 rings (SSSR count). The number of aromatic nitrogens is 2. The van der Waals surface area contributed by atoms with Gasteiger partial charge in [0.05, 0.1) is 12.7 Å². The summed E-state index contributed by atoms with van der Waals surface area (Å²) in [6.07, 6.45) is 2.52. The summed E-state index contributed by atoms with van der Waals surface area (Å²) in [4.78, 5) is 10.7. The van der Waals surface area contributed by atoms with Crippen LogP contribution in [0.4, 0.5) is 13.2 Å². The summed E-state index contributed by atoms with van der Waals surface area (Å²) < 4.78 is 49.5. The predicted octanol–water partition coefficient (Wildman–Crippen LogP) is 3.94. The van der Waals surface area contributed by atoms with E-state index in [1.165, 1.54) is 13.2 Å². The Kier molecular flexibility index (Phi) is 5.14. The van der Waals surface area contributed by atoms with Gasteiger partial charge in [-0.25, -0.2) is 9.97 Å². The van der Waals surface area contributed by atoms with E-state index in [0.29, 0.717) is 31.1 Å². The van der Waals surface area contributed by atoms with Crippen LogP contribution in [-0.4, -0.2) is 40.7 Å². The Balaban J connectivity index is 1.44. The molecule has 1 aromatic heterocycles. The fourth-order valence-corrected chi connectivity index (χ4v) is 4.35. The molecule has 0 N–H and O–H groups in total. The van der Waals surface area contributed by atoms with Gasteiger partial charge in [-0.1, -0.05) is 6.07 Å². The van der Waals surface area contributed by atoms with Gasteiger partial charge in [-0.3, -0.25) is 4.90 Å². The van der Waals surface area contributed by atoms with Crippen molar-refractivity contribution in [3.05, 3.63) is 47.8 Å². The third kappa shape index (κ3) is 3.92. The van der Waals surface area contributed by atoms with Gasteiger partial charge >= 0.3 is 12.2 Å². The highest BCUT2D eigenvalue weighted by atomic mass is 19.4. The summed E-state index contributed by atoms with van der Waals surface area (Å²) in [5.41, 5.74) is 0.294. The second-order valence-corrected chi connectivity index (χ2v) is 7.38. The molecular weight excluding hydrogens is 371 g/mol. The first-order chi connectivity index (χ1) is 13.4. The summed E-state index contributed by atoms with van der Waals surface area (Å²) in [6, 6.07) is 6.05. The second kappa shape index (κ2) is 7.58. The van der Waals surface area contributed by atoms with Crippen molar-refractivity contribution >= 4 is 0 Å². The number of nitrogens with zero attached hydrogens (tertiary/aromatic N) is 3. The highest BCUT2D eigenvalue weighted by Crippen LogP contribution is 2.43. The fraction of sp³-hybridized carbons (Fsp3) is 0.500. The number of ether oxygens (including phenoxy) is 2. The van der Waals surface area contributed by atoms with Crippen molar-refractivity contribution in [3.63, 3.8) is 0 Å². The molecule has 1 aliphatic carbocycles. The summed E-state index contributed by atoms with van der Waals surface area (Å²) in [7, 11) is 1.52. The lowest BCUT2D eigenvalue weighted by atomic mass is 9.99. The summed E-state index contributed by atoms with van der Waals surface area (Å²) in [5.74, 6) is 0.764. The van der Waals surface area contributed by atoms with Gasteiger partial charge in [0.1, 0.15) is 12.4 Å². The molecule has 2 aliphatic rings. The van der Waals surface area contributed by atoms with E-state index in [1.54, 1.807) is 18.5 Å². The van der Waals surface area contributed by atoms with Crippen LogP contribution >= 0.6 is 0 Å². The Bertz CT molecular complexity index is 813. The van der Waals surface area contributed by atoms with Gasteiger partial charge in [0.15, 0.2) is 0 Å². The molecule has 5 nitrogen and oxygen atoms in total. The van der Waals surface area contributed by atoms with Crippen LogP contribution in [0.2, 0.25) is 0 Å². The Hall–Kier alpha value is -2.35. The molecule has 0 unspecified atom stereocenters. The molecule has 0 spiro atoms. The van der Waals surface area contributed by atoms with Gasteiger partial charge in [0, 0.05) is 36.6 Å². The SMILES string of the molecule is COc1ncc(CN2[C@@H]3CC[C@H](C3)[C@@H]2COc2cccc(C(F)(F)F)c2)cn1. The maximum atomic E-state index is 12.9. The first kappa shape index (κ1) is 19.0. The van der Waals surface area contributed by atoms with Crippen molar-refractivity contribution in [2.45, 2.75) is 44.1 Å². The zero-order valence-electron chi connectivity index (χ0n) is 15.5. The highest BCUT2D eigenvalue weighted by Gasteiger charge is 2.46. The highest BCUT2D eigenvalue weighted by molar-refractivity contribution is 5.30. The van der Waals surface area contributed by atoms with Gasteiger partial charge in [-0.2, -0.15) is 13.2 Å². The number of likely N-dealkylation sites (tertiary alicyclic amines) is 1. The molecular formula is C20H22F3N3O2. The predicted molar refractivity (Wildman–Crippen MR) is 96.0 cm³/mol. The van der Waals surface area contributed by atoms with Crippen LogP contribution in [0.15, 0.2) is 36.7 Å². The van der Waals surface area contributed by atoms with Crippen LogP contribution in [0.3, 0.4) is 0 Å². The van der Waals surface area contributed by atoms with Crippen molar-refractivity contribution in [2.75, 3.05) is 13.7 Å². The largest absolute Gasteiger partial charge is 0.492 e. The summed E-state index contributed by atoms with van der Waals surface area (Å²) >= 11 is 0. The zero-order chi connectivity index (χ0) is 19.7. The molecule has 1 aliphatic heterocycles. The smallest absolute Gasteiger partial charge is 0.416 e. The van der Waals surface area contributed by atoms with E-state index in [-0.39, 0.29) is 11.8 Å². The number of piperidine rings is 1. The quantitative estimate of drug-likeness (QED) is 0.744. The molecule has 0 amide bonds. The zero-order valence-corrected chi connectivity index (χ0v) is 15.5. The van der Waals surface area contributed by atoms with Crippen LogP contribution < -0.4 is 9.47 Å². The molecule has 1 saturated carbocycles. The first-order valence-electron chi connectivity index (χ1n) is 9.35. The van der Waals surface area contributed by atoms with Crippen LogP contribution in [0.1, 0.15) is 30.4 Å². The molecule has 2 heterocycles. The van der Waals surface area contributed by atoms with E-state index in [2.05, 4.69) is 14.9 Å². The average molecular weight is 393 g/mol. The van der Waals surface area contributed by atoms with Crippen LogP contribution in [0.25, 0.3) is 0 Å². The molecule has 8 heteroatoms. The summed E-state index contributed by atoms with van der Waals surface area (Å²) in [6.45, 7) is 1.07. The molecule has 1 saturated heterocycles. The number of fused-ring (bicyclic) bond motifs is 2. The lowest BCUT2D eigenvalue weighted by molar-refractivity contribution is -0.137. The number of hydrogen-bond donors (Lipinski definition) is 0. The molecule has 2 bridgehead atoms. The van der Waals surface area contributed by atoms with Crippen molar-refractivity contribution in [3.8, 4) is 11.8 Å². The van der Waals surface area contributed by atoms with E-state index in [9.17, 15) is 13.2 Å². The third-order valence-electron chi connectivity index (χ3n) is 5.70. The Morgan fingerprint density at radius 2 is 1.96 bits per heavy atom. The van der Waals surface area contributed by atoms with E-state index in [4.69, 9.17) is 9.47 Å². The average Bonchev–Trinajstić information content (AvgIpc) is 3.28. The van der Waals surface area contributed by atoms with Crippen LogP contribution in [0, 0.1) is 5.92 Å². The lowest BCUT2D eigenvalue weighted by Gasteiger charge is -2.35. The fourth-order valence-electron chi connectivity index (χ4n) is 4.35. The van der Waals surface area contributed by atoms with Gasteiger partial charge < -0.3 is 9.47 Å². The molecule has 1 aromatic carbocycles. The van der Waals surface area contributed by atoms with E-state index in [0.717, 1.165) is 37.0 Å². The number of halogens is 3. The number of alkyl halides is 3. The van der Waals surface area contributed by atoms with Crippen molar-refractivity contribution < 1.29 is 22.6 Å². The third-order valence-corrected chi connectivity index (χ3v) is 5.70. The lowest BCUT2D eigenvalue weighted by Crippen LogP contribution is -2.43. The van der Waals surface area contributed by atoms with Crippen LogP contribution in [-0.2, 0) is 12.7 Å². The molecule has 3 atom stereocenters. The van der Waals surface area contributed by atoms with E-state index < -0.39 is 11.7 Å². The van der Waals surface area contributed by atoms with E-state index in [1.807, 2.05) is 0 Å². The van der Waals surface area contributed by atoms with Gasteiger partial charge in [0.2, 0.25) is 0 Å². The van der Waals surface area contributed by atoms with Crippen molar-refractivity contribution in [1.82, 2.24) is 14.9 Å². The molecule has 28 heavy (non-hydrogen) atoms. The molecule has 2 aromatic rings. The number of rotatable bonds is 6. The molecule has 0 radical (unpaired) electrons. The normalized spacial score (nSPS) is 24.5. The minimum absolute atomic E-state index is 0.176. The summed E-state index contributed by atoms with van der Waals surface area (Å²) in [5, 5.41) is 0. The van der Waals surface area contributed by atoms with Gasteiger partial charge in [-0.05, 0) is 43.4 Å². The monoisotopic (exact) mass is 393 g/mol. The topological polar surface area (TPSA) is 47.5 Å². The number of hydrogen-bond acceptors (Lipinski definition) is 5. The first-order valence-corrected chi connectivity index (χ1v) is 9.35.